The van der Waals surface area contributed by atoms with Crippen LogP contribution >= 0.6 is 0 Å². The zero-order valence-electron chi connectivity index (χ0n) is 8.96. The lowest BCUT2D eigenvalue weighted by atomic mass is 10.3. The van der Waals surface area contributed by atoms with Gasteiger partial charge in [-0.05, 0) is 24.3 Å². The Balaban J connectivity index is 2.82. The van der Waals surface area contributed by atoms with Crippen LogP contribution in [0, 0.1) is 0 Å². The number of ether oxygens (including phenoxy) is 1. The first-order chi connectivity index (χ1) is 7.45. The second-order valence-electron chi connectivity index (χ2n) is 3.35. The van der Waals surface area contributed by atoms with Crippen molar-refractivity contribution in [3.63, 3.8) is 0 Å². The quantitative estimate of drug-likeness (QED) is 0.720. The number of aliphatic hydroxyl groups excluding tert-OH is 1. The highest BCUT2D eigenvalue weighted by Gasteiger charge is 2.15. The van der Waals surface area contributed by atoms with E-state index in [0.717, 1.165) is 0 Å². The van der Waals surface area contributed by atoms with Crippen molar-refractivity contribution in [1.29, 1.82) is 0 Å². The van der Waals surface area contributed by atoms with E-state index in [9.17, 15) is 8.42 Å². The standard InChI is InChI=1S/C10H15NO4S/c1-15-8-2-4-9(5-3-8)16(13,14)7-6-10(11)12/h2-5,10,12H,6-7,11H2,1H3. The summed E-state index contributed by atoms with van der Waals surface area (Å²) in [4.78, 5) is 0.203. The first-order valence-corrected chi connectivity index (χ1v) is 6.41. The zero-order chi connectivity index (χ0) is 12.2. The minimum absolute atomic E-state index is 0.0222. The number of sulfone groups is 1. The van der Waals surface area contributed by atoms with Gasteiger partial charge in [-0.25, -0.2) is 8.42 Å². The van der Waals surface area contributed by atoms with Gasteiger partial charge >= 0.3 is 0 Å². The third kappa shape index (κ3) is 3.48. The van der Waals surface area contributed by atoms with Crippen LogP contribution in [0.4, 0.5) is 0 Å². The van der Waals surface area contributed by atoms with E-state index in [4.69, 9.17) is 15.6 Å². The van der Waals surface area contributed by atoms with E-state index in [0.29, 0.717) is 5.75 Å². The molecule has 1 aromatic rings. The van der Waals surface area contributed by atoms with Gasteiger partial charge in [0.25, 0.3) is 0 Å². The highest BCUT2D eigenvalue weighted by molar-refractivity contribution is 7.91. The molecule has 0 aliphatic carbocycles. The van der Waals surface area contributed by atoms with Crippen molar-refractivity contribution in [3.05, 3.63) is 24.3 Å². The molecule has 0 saturated carbocycles. The van der Waals surface area contributed by atoms with Gasteiger partial charge < -0.3 is 15.6 Å². The second-order valence-corrected chi connectivity index (χ2v) is 5.46. The van der Waals surface area contributed by atoms with Crippen LogP contribution < -0.4 is 10.5 Å². The molecule has 0 spiro atoms. The van der Waals surface area contributed by atoms with Gasteiger partial charge in [-0.2, -0.15) is 0 Å². The molecular formula is C10H15NO4S. The van der Waals surface area contributed by atoms with Crippen molar-refractivity contribution in [2.45, 2.75) is 17.5 Å². The van der Waals surface area contributed by atoms with E-state index in [2.05, 4.69) is 0 Å². The average molecular weight is 245 g/mol. The van der Waals surface area contributed by atoms with Crippen molar-refractivity contribution in [2.75, 3.05) is 12.9 Å². The number of rotatable bonds is 5. The number of aliphatic hydroxyl groups is 1. The lowest BCUT2D eigenvalue weighted by molar-refractivity contribution is 0.179. The third-order valence-electron chi connectivity index (χ3n) is 2.10. The number of hydrogen-bond acceptors (Lipinski definition) is 5. The van der Waals surface area contributed by atoms with E-state index in [1.165, 1.54) is 19.2 Å². The Morgan fingerprint density at radius 3 is 2.38 bits per heavy atom. The molecule has 0 heterocycles. The summed E-state index contributed by atoms with van der Waals surface area (Å²) >= 11 is 0. The summed E-state index contributed by atoms with van der Waals surface area (Å²) in [5, 5.41) is 8.84. The molecule has 0 fully saturated rings. The largest absolute Gasteiger partial charge is 0.497 e. The molecule has 5 nitrogen and oxygen atoms in total. The SMILES string of the molecule is COc1ccc(S(=O)(=O)CCC(N)O)cc1. The van der Waals surface area contributed by atoms with Crippen LogP contribution in [-0.4, -0.2) is 32.6 Å². The van der Waals surface area contributed by atoms with E-state index in [1.807, 2.05) is 0 Å². The number of benzene rings is 1. The lowest BCUT2D eigenvalue weighted by Gasteiger charge is -2.07. The highest BCUT2D eigenvalue weighted by atomic mass is 32.2. The summed E-state index contributed by atoms with van der Waals surface area (Å²) in [6, 6.07) is 6.09. The fourth-order valence-corrected chi connectivity index (χ4v) is 2.52. The molecule has 0 saturated heterocycles. The topological polar surface area (TPSA) is 89.6 Å². The van der Waals surface area contributed by atoms with Gasteiger partial charge in [-0.3, -0.25) is 0 Å². The molecule has 0 amide bonds. The van der Waals surface area contributed by atoms with Crippen LogP contribution in [-0.2, 0) is 9.84 Å². The van der Waals surface area contributed by atoms with E-state index >= 15 is 0 Å². The minimum Gasteiger partial charge on any atom is -0.497 e. The Hall–Kier alpha value is -1.11. The van der Waals surface area contributed by atoms with E-state index in [1.54, 1.807) is 12.1 Å². The number of nitrogens with two attached hydrogens (primary N) is 1. The van der Waals surface area contributed by atoms with Crippen LogP contribution in [0.3, 0.4) is 0 Å². The highest BCUT2D eigenvalue weighted by Crippen LogP contribution is 2.17. The van der Waals surface area contributed by atoms with Gasteiger partial charge in [-0.15, -0.1) is 0 Å². The van der Waals surface area contributed by atoms with E-state index in [-0.39, 0.29) is 17.1 Å². The molecule has 90 valence electrons. The second kappa shape index (κ2) is 5.29. The summed E-state index contributed by atoms with van der Waals surface area (Å²) in [5.74, 6) is 0.426. The van der Waals surface area contributed by atoms with Crippen molar-refractivity contribution in [1.82, 2.24) is 0 Å². The number of hydrogen-bond donors (Lipinski definition) is 2. The molecule has 0 aliphatic heterocycles. The van der Waals surface area contributed by atoms with Gasteiger partial charge in [0.15, 0.2) is 9.84 Å². The van der Waals surface area contributed by atoms with Crippen molar-refractivity contribution >= 4 is 9.84 Å². The monoisotopic (exact) mass is 245 g/mol. The van der Waals surface area contributed by atoms with Crippen molar-refractivity contribution < 1.29 is 18.3 Å². The summed E-state index contributed by atoms with van der Waals surface area (Å²) in [7, 11) is -1.87. The summed E-state index contributed by atoms with van der Waals surface area (Å²) in [6.45, 7) is 0. The summed E-state index contributed by atoms with van der Waals surface area (Å²) in [6.07, 6.45) is -1.08. The van der Waals surface area contributed by atoms with Gasteiger partial charge in [0, 0.05) is 6.42 Å². The van der Waals surface area contributed by atoms with Crippen LogP contribution in [0.15, 0.2) is 29.2 Å². The molecule has 0 aromatic heterocycles. The maximum absolute atomic E-state index is 11.7. The van der Waals surface area contributed by atoms with Crippen LogP contribution in [0.1, 0.15) is 6.42 Å². The smallest absolute Gasteiger partial charge is 0.178 e. The van der Waals surface area contributed by atoms with Crippen molar-refractivity contribution in [3.8, 4) is 5.75 Å². The zero-order valence-corrected chi connectivity index (χ0v) is 9.78. The summed E-state index contributed by atoms with van der Waals surface area (Å²) < 4.78 is 28.4. The predicted molar refractivity (Wildman–Crippen MR) is 59.9 cm³/mol. The molecule has 0 aliphatic rings. The molecule has 6 heteroatoms. The van der Waals surface area contributed by atoms with Crippen LogP contribution in [0.5, 0.6) is 5.75 Å². The molecule has 1 unspecified atom stereocenters. The van der Waals surface area contributed by atoms with E-state index < -0.39 is 16.1 Å². The number of methoxy groups -OCH3 is 1. The third-order valence-corrected chi connectivity index (χ3v) is 3.86. The molecule has 3 N–H and O–H groups in total. The molecule has 0 radical (unpaired) electrons. The van der Waals surface area contributed by atoms with Crippen molar-refractivity contribution in [2.24, 2.45) is 5.73 Å². The molecule has 0 bridgehead atoms. The normalized spacial score (nSPS) is 13.4. The molecule has 1 aromatic carbocycles. The van der Waals surface area contributed by atoms with Crippen LogP contribution in [0.2, 0.25) is 0 Å². The molecule has 1 rings (SSSR count). The Labute approximate surface area is 94.8 Å². The predicted octanol–water partition coefficient (Wildman–Crippen LogP) is 0.136. The van der Waals surface area contributed by atoms with Gasteiger partial charge in [0.05, 0.1) is 17.8 Å². The lowest BCUT2D eigenvalue weighted by Crippen LogP contribution is -2.22. The minimum atomic E-state index is -3.38. The average Bonchev–Trinajstić information content (AvgIpc) is 2.27. The maximum atomic E-state index is 11.7. The fourth-order valence-electron chi connectivity index (χ4n) is 1.18. The van der Waals surface area contributed by atoms with Gasteiger partial charge in [0.2, 0.25) is 0 Å². The van der Waals surface area contributed by atoms with Gasteiger partial charge in [-0.1, -0.05) is 0 Å². The first kappa shape index (κ1) is 13.0. The summed E-state index contributed by atoms with van der Waals surface area (Å²) in [5.41, 5.74) is 5.09. The fraction of sp³-hybridized carbons (Fsp3) is 0.400. The first-order valence-electron chi connectivity index (χ1n) is 4.76. The Kier molecular flexibility index (Phi) is 4.28. The van der Waals surface area contributed by atoms with Gasteiger partial charge in [0.1, 0.15) is 12.0 Å². The Morgan fingerprint density at radius 1 is 1.38 bits per heavy atom. The molecule has 16 heavy (non-hydrogen) atoms. The molecule has 1 atom stereocenters. The Morgan fingerprint density at radius 2 is 1.94 bits per heavy atom. The van der Waals surface area contributed by atoms with Crippen LogP contribution in [0.25, 0.3) is 0 Å². The molecular weight excluding hydrogens is 230 g/mol. The maximum Gasteiger partial charge on any atom is 0.178 e. The Bertz CT molecular complexity index is 425.